The van der Waals surface area contributed by atoms with Crippen molar-refractivity contribution < 1.29 is 14.4 Å². The van der Waals surface area contributed by atoms with Crippen molar-refractivity contribution in [3.63, 3.8) is 0 Å². The van der Waals surface area contributed by atoms with Crippen LogP contribution in [0.15, 0.2) is 24.3 Å². The molecule has 5 nitrogen and oxygen atoms in total. The van der Waals surface area contributed by atoms with Crippen LogP contribution in [0.4, 0.5) is 5.00 Å². The third-order valence-electron chi connectivity index (χ3n) is 5.67. The second-order valence-corrected chi connectivity index (χ2v) is 8.81. The van der Waals surface area contributed by atoms with Gasteiger partial charge in [0.25, 0.3) is 5.91 Å². The number of fused-ring (bicyclic) bond motifs is 1. The number of thiophene rings is 1. The largest absolute Gasteiger partial charge is 0.497 e. The van der Waals surface area contributed by atoms with Crippen LogP contribution in [0.25, 0.3) is 0 Å². The normalized spacial score (nSPS) is 16.7. The fourth-order valence-corrected chi connectivity index (χ4v) is 5.25. The van der Waals surface area contributed by atoms with E-state index in [0.717, 1.165) is 36.6 Å². The number of rotatable bonds is 7. The van der Waals surface area contributed by atoms with E-state index in [4.69, 9.17) is 4.74 Å². The van der Waals surface area contributed by atoms with Crippen LogP contribution in [0.5, 0.6) is 5.75 Å². The van der Waals surface area contributed by atoms with Gasteiger partial charge in [-0.05, 0) is 55.5 Å². The van der Waals surface area contributed by atoms with Gasteiger partial charge in [0.2, 0.25) is 0 Å². The van der Waals surface area contributed by atoms with Crippen LogP contribution in [0.2, 0.25) is 0 Å². The maximum absolute atomic E-state index is 12.8. The molecule has 1 aromatic carbocycles. The summed E-state index contributed by atoms with van der Waals surface area (Å²) in [5, 5.41) is 13.4. The van der Waals surface area contributed by atoms with Gasteiger partial charge in [0.05, 0.1) is 18.7 Å². The molecule has 0 aliphatic heterocycles. The number of aryl methyl sites for hydroxylation is 1. The Balaban J connectivity index is 1.43. The number of carbonyl (C=O) groups excluding carboxylic acids is 1. The fourth-order valence-electron chi connectivity index (χ4n) is 4.00. The molecular weight excluding hydrogens is 370 g/mol. The number of nitriles is 1. The van der Waals surface area contributed by atoms with Gasteiger partial charge < -0.3 is 15.0 Å². The van der Waals surface area contributed by atoms with Crippen molar-refractivity contribution in [2.45, 2.75) is 51.1 Å². The molecule has 4 rings (SSSR count). The Morgan fingerprint density at radius 3 is 2.71 bits per heavy atom. The Kier molecular flexibility index (Phi) is 5.65. The van der Waals surface area contributed by atoms with E-state index in [0.29, 0.717) is 18.2 Å². The van der Waals surface area contributed by atoms with Gasteiger partial charge in [0, 0.05) is 23.3 Å². The molecule has 6 heteroatoms. The number of hydrogen-bond donors (Lipinski definition) is 2. The van der Waals surface area contributed by atoms with Crippen molar-refractivity contribution >= 4 is 22.2 Å². The molecule has 1 amide bonds. The summed E-state index contributed by atoms with van der Waals surface area (Å²) in [5.74, 6) is 0.852. The fraction of sp³-hybridized carbons (Fsp3) is 0.455. The maximum atomic E-state index is 12.8. The number of methoxy groups -OCH3 is 1. The second kappa shape index (κ2) is 8.34. The highest BCUT2D eigenvalue weighted by Crippen LogP contribution is 2.37. The number of carbonyl (C=O) groups is 1. The molecule has 2 aliphatic rings. The molecule has 1 saturated carbocycles. The van der Waals surface area contributed by atoms with E-state index in [2.05, 4.69) is 23.5 Å². The van der Waals surface area contributed by atoms with Crippen LogP contribution in [-0.4, -0.2) is 25.6 Å². The van der Waals surface area contributed by atoms with Crippen LogP contribution >= 0.6 is 11.3 Å². The summed E-state index contributed by atoms with van der Waals surface area (Å²) in [6, 6.07) is 11.0. The van der Waals surface area contributed by atoms with E-state index in [-0.39, 0.29) is 5.91 Å². The molecule has 2 N–H and O–H groups in total. The molecule has 28 heavy (non-hydrogen) atoms. The molecule has 1 atom stereocenters. The summed E-state index contributed by atoms with van der Waals surface area (Å²) in [4.78, 5) is 15.3. The summed E-state index contributed by atoms with van der Waals surface area (Å²) in [6.45, 7) is 1.26. The van der Waals surface area contributed by atoms with Crippen molar-refractivity contribution in [2.24, 2.45) is 0 Å². The first-order valence-electron chi connectivity index (χ1n) is 10.00. The monoisotopic (exact) mass is 396 g/mol. The average Bonchev–Trinajstić information content (AvgIpc) is 3.50. The topological polar surface area (TPSA) is 66.6 Å². The third-order valence-corrected chi connectivity index (χ3v) is 6.88. The minimum atomic E-state index is 0.00510. The standard InChI is InChI=1S/C22H25N3O2S/c1-27-17-10-6-15(7-11-17)13-25(16-8-9-16)14-21(26)24-22-19(12-23)18-4-2-3-5-20(18)28-22/h6-7,10-11,16H,2-5,8-9,13-14H2,1H3,(H,24,26)/p+1. The lowest BCUT2D eigenvalue weighted by atomic mass is 9.96. The lowest BCUT2D eigenvalue weighted by Gasteiger charge is -2.19. The van der Waals surface area contributed by atoms with Gasteiger partial charge in [-0.3, -0.25) is 4.79 Å². The molecular formula is C22H26N3O2S+. The van der Waals surface area contributed by atoms with Gasteiger partial charge in [-0.15, -0.1) is 11.3 Å². The number of amides is 1. The van der Waals surface area contributed by atoms with Gasteiger partial charge in [-0.2, -0.15) is 5.26 Å². The van der Waals surface area contributed by atoms with Crippen LogP contribution < -0.4 is 15.0 Å². The summed E-state index contributed by atoms with van der Waals surface area (Å²) in [6.07, 6.45) is 6.65. The van der Waals surface area contributed by atoms with E-state index in [9.17, 15) is 10.1 Å². The van der Waals surface area contributed by atoms with Crippen molar-refractivity contribution in [1.82, 2.24) is 0 Å². The predicted molar refractivity (Wildman–Crippen MR) is 110 cm³/mol. The number of quaternary nitrogens is 1. The third kappa shape index (κ3) is 4.21. The van der Waals surface area contributed by atoms with E-state index < -0.39 is 0 Å². The summed E-state index contributed by atoms with van der Waals surface area (Å²) >= 11 is 1.60. The van der Waals surface area contributed by atoms with Crippen molar-refractivity contribution in [2.75, 3.05) is 19.0 Å². The molecule has 0 spiro atoms. The smallest absolute Gasteiger partial charge is 0.280 e. The number of nitrogens with one attached hydrogen (secondary N) is 2. The molecule has 1 heterocycles. The first kappa shape index (κ1) is 19.0. The van der Waals surface area contributed by atoms with Gasteiger partial charge in [0.1, 0.15) is 23.4 Å². The number of benzene rings is 1. The zero-order valence-electron chi connectivity index (χ0n) is 16.2. The molecule has 0 bridgehead atoms. The molecule has 146 valence electrons. The van der Waals surface area contributed by atoms with Gasteiger partial charge in [0.15, 0.2) is 6.54 Å². The quantitative estimate of drug-likeness (QED) is 0.756. The second-order valence-electron chi connectivity index (χ2n) is 7.71. The van der Waals surface area contributed by atoms with Crippen LogP contribution in [-0.2, 0) is 24.2 Å². The van der Waals surface area contributed by atoms with Gasteiger partial charge in [-0.25, -0.2) is 0 Å². The Morgan fingerprint density at radius 1 is 1.29 bits per heavy atom. The minimum absolute atomic E-state index is 0.00510. The SMILES string of the molecule is COc1ccc(C[NH+](CC(=O)Nc2sc3c(c2C#N)CCCC3)C2CC2)cc1. The number of nitrogens with zero attached hydrogens (tertiary/aromatic N) is 1. The zero-order valence-corrected chi connectivity index (χ0v) is 17.0. The molecule has 0 saturated heterocycles. The Morgan fingerprint density at radius 2 is 2.04 bits per heavy atom. The Bertz CT molecular complexity index is 894. The summed E-state index contributed by atoms with van der Waals surface area (Å²) in [5.41, 5.74) is 3.06. The predicted octanol–water partition coefficient (Wildman–Crippen LogP) is 2.69. The first-order chi connectivity index (χ1) is 13.7. The van der Waals surface area contributed by atoms with E-state index in [1.165, 1.54) is 40.2 Å². The summed E-state index contributed by atoms with van der Waals surface area (Å²) < 4.78 is 5.23. The molecule has 1 fully saturated rings. The van der Waals surface area contributed by atoms with Crippen molar-refractivity contribution in [3.8, 4) is 11.8 Å². The van der Waals surface area contributed by atoms with Crippen LogP contribution in [0, 0.1) is 11.3 Å². The van der Waals surface area contributed by atoms with Crippen molar-refractivity contribution in [3.05, 3.63) is 45.8 Å². The highest BCUT2D eigenvalue weighted by Gasteiger charge is 2.35. The average molecular weight is 397 g/mol. The molecule has 2 aromatic rings. The zero-order chi connectivity index (χ0) is 19.5. The van der Waals surface area contributed by atoms with E-state index in [1.807, 2.05) is 12.1 Å². The lowest BCUT2D eigenvalue weighted by Crippen LogP contribution is -3.13. The summed E-state index contributed by atoms with van der Waals surface area (Å²) in [7, 11) is 1.67. The number of hydrogen-bond acceptors (Lipinski definition) is 4. The minimum Gasteiger partial charge on any atom is -0.497 e. The van der Waals surface area contributed by atoms with E-state index in [1.54, 1.807) is 18.4 Å². The molecule has 0 radical (unpaired) electrons. The first-order valence-corrected chi connectivity index (χ1v) is 10.8. The highest BCUT2D eigenvalue weighted by molar-refractivity contribution is 7.16. The van der Waals surface area contributed by atoms with Crippen LogP contribution in [0.3, 0.4) is 0 Å². The van der Waals surface area contributed by atoms with Gasteiger partial charge >= 0.3 is 0 Å². The lowest BCUT2D eigenvalue weighted by molar-refractivity contribution is -0.916. The van der Waals surface area contributed by atoms with Crippen molar-refractivity contribution in [1.29, 1.82) is 5.26 Å². The highest BCUT2D eigenvalue weighted by atomic mass is 32.1. The maximum Gasteiger partial charge on any atom is 0.280 e. The molecule has 2 aliphatic carbocycles. The van der Waals surface area contributed by atoms with E-state index >= 15 is 0 Å². The van der Waals surface area contributed by atoms with Crippen LogP contribution in [0.1, 0.15) is 47.3 Å². The Hall–Kier alpha value is -2.36. The molecule has 1 aromatic heterocycles. The number of ether oxygens (including phenoxy) is 1. The molecule has 1 unspecified atom stereocenters. The number of anilines is 1. The van der Waals surface area contributed by atoms with Gasteiger partial charge in [-0.1, -0.05) is 0 Å². The Labute approximate surface area is 169 Å².